The SMILES string of the molecule is CNC(=O)[C@@H](Cc1ccccc1)N(Cc1c(Cl)cccc1Cl)C(=O)CSCc1ccc([N+](=O)[O-])cc1. The van der Waals surface area contributed by atoms with Gasteiger partial charge < -0.3 is 10.2 Å². The van der Waals surface area contributed by atoms with Crippen LogP contribution in [0.15, 0.2) is 72.8 Å². The lowest BCUT2D eigenvalue weighted by atomic mass is 10.0. The number of rotatable bonds is 11. The molecule has 1 N–H and O–H groups in total. The van der Waals surface area contributed by atoms with E-state index in [0.29, 0.717) is 27.8 Å². The van der Waals surface area contributed by atoms with Crippen LogP contribution in [0, 0.1) is 10.1 Å². The zero-order valence-electron chi connectivity index (χ0n) is 19.5. The van der Waals surface area contributed by atoms with Crippen molar-refractivity contribution in [3.63, 3.8) is 0 Å². The first-order valence-electron chi connectivity index (χ1n) is 11.1. The Kier molecular flexibility index (Phi) is 10.2. The molecule has 0 aliphatic carbocycles. The van der Waals surface area contributed by atoms with Crippen molar-refractivity contribution >= 4 is 52.5 Å². The minimum atomic E-state index is -0.780. The topological polar surface area (TPSA) is 92.6 Å². The average molecular weight is 546 g/mol. The lowest BCUT2D eigenvalue weighted by molar-refractivity contribution is -0.384. The van der Waals surface area contributed by atoms with Gasteiger partial charge in [-0.2, -0.15) is 0 Å². The van der Waals surface area contributed by atoms with E-state index in [4.69, 9.17) is 23.2 Å². The third kappa shape index (κ3) is 7.46. The van der Waals surface area contributed by atoms with Crippen molar-refractivity contribution in [2.45, 2.75) is 24.8 Å². The number of halogens is 2. The largest absolute Gasteiger partial charge is 0.357 e. The maximum Gasteiger partial charge on any atom is 0.269 e. The van der Waals surface area contributed by atoms with E-state index in [9.17, 15) is 19.7 Å². The van der Waals surface area contributed by atoms with Gasteiger partial charge >= 0.3 is 0 Å². The molecule has 7 nitrogen and oxygen atoms in total. The number of thioether (sulfide) groups is 1. The molecule has 0 aromatic heterocycles. The summed E-state index contributed by atoms with van der Waals surface area (Å²) in [5, 5.41) is 14.4. The van der Waals surface area contributed by atoms with Gasteiger partial charge in [-0.25, -0.2) is 0 Å². The van der Waals surface area contributed by atoms with E-state index >= 15 is 0 Å². The van der Waals surface area contributed by atoms with Crippen molar-refractivity contribution in [3.05, 3.63) is 110 Å². The van der Waals surface area contributed by atoms with Gasteiger partial charge in [-0.1, -0.05) is 71.7 Å². The molecule has 0 unspecified atom stereocenters. The van der Waals surface area contributed by atoms with Crippen molar-refractivity contribution in [1.82, 2.24) is 10.2 Å². The predicted molar refractivity (Wildman–Crippen MR) is 144 cm³/mol. The highest BCUT2D eigenvalue weighted by Gasteiger charge is 2.30. The zero-order chi connectivity index (χ0) is 26.1. The number of nitrogens with zero attached hydrogens (tertiary/aromatic N) is 2. The molecule has 0 aliphatic rings. The number of amides is 2. The minimum absolute atomic E-state index is 0.0111. The molecule has 0 aliphatic heterocycles. The van der Waals surface area contributed by atoms with E-state index < -0.39 is 11.0 Å². The summed E-state index contributed by atoms with van der Waals surface area (Å²) in [7, 11) is 1.54. The average Bonchev–Trinajstić information content (AvgIpc) is 2.88. The standard InChI is InChI=1S/C26H25Cl2N3O4S/c1-29-26(33)24(14-18-6-3-2-4-7-18)30(15-21-22(27)8-5-9-23(21)28)25(32)17-36-16-19-10-12-20(13-11-19)31(34)35/h2-13,24H,14-17H2,1H3,(H,29,33)/t24-/m1/s1. The van der Waals surface area contributed by atoms with Crippen LogP contribution in [0.25, 0.3) is 0 Å². The Morgan fingerprint density at radius 2 is 1.61 bits per heavy atom. The monoisotopic (exact) mass is 545 g/mol. The van der Waals surface area contributed by atoms with Gasteiger partial charge in [0.2, 0.25) is 11.8 Å². The molecule has 0 fully saturated rings. The molecule has 188 valence electrons. The van der Waals surface area contributed by atoms with E-state index in [2.05, 4.69) is 5.32 Å². The number of hydrogen-bond donors (Lipinski definition) is 1. The molecule has 0 spiro atoms. The fourth-order valence-electron chi connectivity index (χ4n) is 3.63. The van der Waals surface area contributed by atoms with Crippen LogP contribution < -0.4 is 5.32 Å². The third-order valence-corrected chi connectivity index (χ3v) is 7.25. The first-order valence-corrected chi connectivity index (χ1v) is 13.0. The Balaban J connectivity index is 1.82. The molecule has 3 aromatic rings. The van der Waals surface area contributed by atoms with E-state index in [1.807, 2.05) is 30.3 Å². The van der Waals surface area contributed by atoms with Crippen molar-refractivity contribution in [3.8, 4) is 0 Å². The number of non-ortho nitro benzene ring substituents is 1. The summed E-state index contributed by atoms with van der Waals surface area (Å²) in [6.07, 6.45) is 0.321. The van der Waals surface area contributed by atoms with Gasteiger partial charge in [-0.15, -0.1) is 11.8 Å². The second-order valence-corrected chi connectivity index (χ2v) is 9.76. The molecule has 2 amide bonds. The van der Waals surface area contributed by atoms with Gasteiger partial charge in [0.15, 0.2) is 0 Å². The maximum atomic E-state index is 13.5. The maximum absolute atomic E-state index is 13.5. The second kappa shape index (κ2) is 13.3. The van der Waals surface area contributed by atoms with E-state index in [1.54, 1.807) is 30.3 Å². The second-order valence-electron chi connectivity index (χ2n) is 7.96. The molecule has 0 saturated carbocycles. The molecule has 0 radical (unpaired) electrons. The van der Waals surface area contributed by atoms with Gasteiger partial charge in [0.25, 0.3) is 5.69 Å². The number of hydrogen-bond acceptors (Lipinski definition) is 5. The summed E-state index contributed by atoms with van der Waals surface area (Å²) >= 11 is 14.2. The summed E-state index contributed by atoms with van der Waals surface area (Å²) in [5.41, 5.74) is 2.34. The summed E-state index contributed by atoms with van der Waals surface area (Å²) in [4.78, 5) is 38.4. The molecule has 3 rings (SSSR count). The molecule has 10 heteroatoms. The summed E-state index contributed by atoms with van der Waals surface area (Å²) < 4.78 is 0. The highest BCUT2D eigenvalue weighted by molar-refractivity contribution is 7.99. The number of likely N-dealkylation sites (N-methyl/N-ethyl adjacent to an activating group) is 1. The summed E-state index contributed by atoms with van der Waals surface area (Å²) in [6.45, 7) is 0.0698. The van der Waals surface area contributed by atoms with E-state index in [-0.39, 0.29) is 29.8 Å². The highest BCUT2D eigenvalue weighted by atomic mass is 35.5. The van der Waals surface area contributed by atoms with Crippen LogP contribution in [0.1, 0.15) is 16.7 Å². The molecule has 0 bridgehead atoms. The number of nitro benzene ring substituents is 1. The van der Waals surface area contributed by atoms with Gasteiger partial charge in [0.05, 0.1) is 10.7 Å². The van der Waals surface area contributed by atoms with Crippen LogP contribution in [-0.2, 0) is 28.3 Å². The number of carbonyl (C=O) groups is 2. The minimum Gasteiger partial charge on any atom is -0.357 e. The molecular formula is C26H25Cl2N3O4S. The van der Waals surface area contributed by atoms with Gasteiger partial charge in [0.1, 0.15) is 6.04 Å². The highest BCUT2D eigenvalue weighted by Crippen LogP contribution is 2.28. The normalized spacial score (nSPS) is 11.5. The number of carbonyl (C=O) groups excluding carboxylic acids is 2. The fourth-order valence-corrected chi connectivity index (χ4v) is 5.01. The first kappa shape index (κ1) is 27.5. The number of benzene rings is 3. The molecule has 0 saturated heterocycles. The molecule has 36 heavy (non-hydrogen) atoms. The smallest absolute Gasteiger partial charge is 0.269 e. The summed E-state index contributed by atoms with van der Waals surface area (Å²) in [5.74, 6) is 0.0351. The molecule has 3 aromatic carbocycles. The van der Waals surface area contributed by atoms with Gasteiger partial charge in [0, 0.05) is 53.5 Å². The molecule has 0 heterocycles. The lowest BCUT2D eigenvalue weighted by Gasteiger charge is -2.31. The van der Waals surface area contributed by atoms with E-state index in [1.165, 1.54) is 35.8 Å². The van der Waals surface area contributed by atoms with Gasteiger partial charge in [-0.05, 0) is 23.3 Å². The summed E-state index contributed by atoms with van der Waals surface area (Å²) in [6, 6.07) is 20.0. The Morgan fingerprint density at radius 3 is 2.19 bits per heavy atom. The van der Waals surface area contributed by atoms with Crippen LogP contribution >= 0.6 is 35.0 Å². The van der Waals surface area contributed by atoms with Crippen molar-refractivity contribution in [1.29, 1.82) is 0 Å². The van der Waals surface area contributed by atoms with Crippen molar-refractivity contribution in [2.24, 2.45) is 0 Å². The van der Waals surface area contributed by atoms with Crippen LogP contribution in [0.5, 0.6) is 0 Å². The Labute approximate surface area is 223 Å². The first-order chi connectivity index (χ1) is 17.3. The van der Waals surface area contributed by atoms with E-state index in [0.717, 1.165) is 11.1 Å². The Hall–Kier alpha value is -3.07. The zero-order valence-corrected chi connectivity index (χ0v) is 21.9. The van der Waals surface area contributed by atoms with Gasteiger partial charge in [-0.3, -0.25) is 19.7 Å². The fraction of sp³-hybridized carbons (Fsp3) is 0.231. The predicted octanol–water partition coefficient (Wildman–Crippen LogP) is 5.52. The number of nitrogens with one attached hydrogen (secondary N) is 1. The van der Waals surface area contributed by atoms with Crippen LogP contribution in [0.4, 0.5) is 5.69 Å². The van der Waals surface area contributed by atoms with Crippen LogP contribution in [0.2, 0.25) is 10.0 Å². The number of nitro groups is 1. The quantitative estimate of drug-likeness (QED) is 0.253. The Morgan fingerprint density at radius 1 is 0.972 bits per heavy atom. The molecule has 1 atom stereocenters. The van der Waals surface area contributed by atoms with Crippen molar-refractivity contribution < 1.29 is 14.5 Å². The van der Waals surface area contributed by atoms with Crippen LogP contribution in [-0.4, -0.2) is 40.5 Å². The lowest BCUT2D eigenvalue weighted by Crippen LogP contribution is -2.50. The van der Waals surface area contributed by atoms with Crippen molar-refractivity contribution in [2.75, 3.05) is 12.8 Å². The molecular weight excluding hydrogens is 521 g/mol. The van der Waals surface area contributed by atoms with Crippen LogP contribution in [0.3, 0.4) is 0 Å². The Bertz CT molecular complexity index is 1190. The third-order valence-electron chi connectivity index (χ3n) is 5.55.